The first kappa shape index (κ1) is 31.1. The lowest BCUT2D eigenvalue weighted by Gasteiger charge is -2.16. The van der Waals surface area contributed by atoms with Crippen LogP contribution < -0.4 is 20.7 Å². The fourth-order valence-corrected chi connectivity index (χ4v) is 5.18. The number of hydrogen-bond donors (Lipinski definition) is 3. The van der Waals surface area contributed by atoms with Crippen LogP contribution in [0.5, 0.6) is 5.75 Å². The average molecular weight is 594 g/mol. The lowest BCUT2D eigenvalue weighted by atomic mass is 10.1. The molecular weight excluding hydrogens is 558 g/mol. The fraction of sp³-hybridized carbons (Fsp3) is 0.171. The Kier molecular flexibility index (Phi) is 10.8. The SMILES string of the molecule is CCc1cccc(C)c1NC(=O)C(C)Sc1ccc(NC(=O)/C(=C/c2ccc(OC)cc2)NC(=O)c2ccccc2)cc1. The molecule has 220 valence electrons. The summed E-state index contributed by atoms with van der Waals surface area (Å²) in [6, 6.07) is 29.1. The van der Waals surface area contributed by atoms with Gasteiger partial charge in [0.1, 0.15) is 11.4 Å². The highest BCUT2D eigenvalue weighted by Gasteiger charge is 2.18. The summed E-state index contributed by atoms with van der Waals surface area (Å²) < 4.78 is 5.22. The van der Waals surface area contributed by atoms with Gasteiger partial charge >= 0.3 is 0 Å². The molecule has 0 saturated heterocycles. The van der Waals surface area contributed by atoms with E-state index in [1.165, 1.54) is 11.8 Å². The highest BCUT2D eigenvalue weighted by atomic mass is 32.2. The van der Waals surface area contributed by atoms with Gasteiger partial charge in [0.25, 0.3) is 11.8 Å². The first-order valence-electron chi connectivity index (χ1n) is 14.0. The zero-order chi connectivity index (χ0) is 30.8. The summed E-state index contributed by atoms with van der Waals surface area (Å²) in [5, 5.41) is 8.36. The first-order chi connectivity index (χ1) is 20.8. The molecule has 0 bridgehead atoms. The molecule has 7 nitrogen and oxygen atoms in total. The van der Waals surface area contributed by atoms with Gasteiger partial charge in [-0.2, -0.15) is 0 Å². The summed E-state index contributed by atoms with van der Waals surface area (Å²) in [5.74, 6) is -0.263. The number of para-hydroxylation sites is 1. The smallest absolute Gasteiger partial charge is 0.272 e. The van der Waals surface area contributed by atoms with Gasteiger partial charge in [0.15, 0.2) is 0 Å². The Labute approximate surface area is 256 Å². The molecule has 0 radical (unpaired) electrons. The fourth-order valence-electron chi connectivity index (χ4n) is 4.31. The highest BCUT2D eigenvalue weighted by molar-refractivity contribution is 8.00. The van der Waals surface area contributed by atoms with Crippen LogP contribution in [0.2, 0.25) is 0 Å². The van der Waals surface area contributed by atoms with Crippen molar-refractivity contribution in [3.8, 4) is 5.75 Å². The van der Waals surface area contributed by atoms with Crippen LogP contribution in [-0.2, 0) is 16.0 Å². The number of carbonyl (C=O) groups is 3. The zero-order valence-corrected chi connectivity index (χ0v) is 25.5. The second-order valence-corrected chi connectivity index (χ2v) is 11.3. The molecule has 0 aromatic heterocycles. The molecule has 0 aliphatic rings. The van der Waals surface area contributed by atoms with Crippen LogP contribution in [0.25, 0.3) is 6.08 Å². The van der Waals surface area contributed by atoms with Gasteiger partial charge in [0, 0.05) is 21.8 Å². The Morgan fingerprint density at radius 2 is 1.56 bits per heavy atom. The minimum Gasteiger partial charge on any atom is -0.497 e. The number of amides is 3. The summed E-state index contributed by atoms with van der Waals surface area (Å²) >= 11 is 1.43. The second kappa shape index (κ2) is 14.9. The van der Waals surface area contributed by atoms with E-state index in [-0.39, 0.29) is 16.9 Å². The molecule has 4 aromatic rings. The van der Waals surface area contributed by atoms with Gasteiger partial charge in [-0.25, -0.2) is 0 Å². The van der Waals surface area contributed by atoms with E-state index in [0.717, 1.165) is 33.7 Å². The normalized spacial score (nSPS) is 11.8. The predicted octanol–water partition coefficient (Wildman–Crippen LogP) is 7.09. The molecular formula is C35H35N3O4S. The molecule has 1 atom stereocenters. The summed E-state index contributed by atoms with van der Waals surface area (Å²) in [6.07, 6.45) is 2.44. The largest absolute Gasteiger partial charge is 0.497 e. The number of hydrogen-bond acceptors (Lipinski definition) is 5. The standard InChI is InChI=1S/C35H35N3O4S/c1-5-26-13-9-10-23(2)32(26)38-33(39)24(3)43-30-20-16-28(17-21-30)36-35(41)31(22-25-14-18-29(42-4)19-15-25)37-34(40)27-11-7-6-8-12-27/h6-22,24H,5H2,1-4H3,(H,36,41)(H,37,40)(H,38,39)/b31-22-. The van der Waals surface area contributed by atoms with Crippen LogP contribution in [0.15, 0.2) is 108 Å². The number of methoxy groups -OCH3 is 1. The van der Waals surface area contributed by atoms with E-state index in [9.17, 15) is 14.4 Å². The maximum atomic E-state index is 13.3. The zero-order valence-electron chi connectivity index (χ0n) is 24.6. The summed E-state index contributed by atoms with van der Waals surface area (Å²) in [6.45, 7) is 5.92. The van der Waals surface area contributed by atoms with Crippen molar-refractivity contribution in [2.45, 2.75) is 37.3 Å². The van der Waals surface area contributed by atoms with E-state index >= 15 is 0 Å². The number of benzene rings is 4. The molecule has 0 fully saturated rings. The second-order valence-electron chi connectivity index (χ2n) is 9.84. The van der Waals surface area contributed by atoms with Gasteiger partial charge in [-0.3, -0.25) is 14.4 Å². The van der Waals surface area contributed by atoms with Crippen molar-refractivity contribution >= 4 is 46.9 Å². The third-order valence-electron chi connectivity index (χ3n) is 6.74. The Morgan fingerprint density at radius 3 is 2.21 bits per heavy atom. The van der Waals surface area contributed by atoms with Crippen molar-refractivity contribution < 1.29 is 19.1 Å². The van der Waals surface area contributed by atoms with Crippen LogP contribution in [0.1, 0.15) is 40.9 Å². The first-order valence-corrected chi connectivity index (χ1v) is 14.8. The molecule has 0 aliphatic carbocycles. The molecule has 0 saturated carbocycles. The minimum absolute atomic E-state index is 0.0751. The quantitative estimate of drug-likeness (QED) is 0.127. The molecule has 8 heteroatoms. The number of aryl methyl sites for hydroxylation is 2. The number of ether oxygens (including phenoxy) is 1. The molecule has 4 rings (SSSR count). The molecule has 0 aliphatic heterocycles. The predicted molar refractivity (Wildman–Crippen MR) is 174 cm³/mol. The molecule has 4 aromatic carbocycles. The van der Waals surface area contributed by atoms with Crippen molar-refractivity contribution in [3.05, 3.63) is 125 Å². The molecule has 1 unspecified atom stereocenters. The summed E-state index contributed by atoms with van der Waals surface area (Å²) in [4.78, 5) is 40.1. The van der Waals surface area contributed by atoms with Crippen molar-refractivity contribution in [1.29, 1.82) is 0 Å². The van der Waals surface area contributed by atoms with E-state index in [4.69, 9.17) is 4.74 Å². The van der Waals surface area contributed by atoms with Gasteiger partial charge in [0.05, 0.1) is 12.4 Å². The average Bonchev–Trinajstić information content (AvgIpc) is 3.03. The Hall–Kier alpha value is -4.82. The van der Waals surface area contributed by atoms with Crippen LogP contribution >= 0.6 is 11.8 Å². The Morgan fingerprint density at radius 1 is 0.860 bits per heavy atom. The van der Waals surface area contributed by atoms with E-state index in [0.29, 0.717) is 17.0 Å². The topological polar surface area (TPSA) is 96.5 Å². The van der Waals surface area contributed by atoms with Crippen LogP contribution in [0, 0.1) is 6.92 Å². The van der Waals surface area contributed by atoms with Gasteiger partial charge in [-0.1, -0.05) is 55.5 Å². The Balaban J connectivity index is 1.44. The summed E-state index contributed by atoms with van der Waals surface area (Å²) in [7, 11) is 1.58. The van der Waals surface area contributed by atoms with E-state index < -0.39 is 11.8 Å². The van der Waals surface area contributed by atoms with E-state index in [1.54, 1.807) is 73.8 Å². The van der Waals surface area contributed by atoms with Gasteiger partial charge in [-0.05, 0) is 91.6 Å². The molecule has 3 amide bonds. The maximum Gasteiger partial charge on any atom is 0.272 e. The lowest BCUT2D eigenvalue weighted by Crippen LogP contribution is -2.30. The molecule has 3 N–H and O–H groups in total. The number of rotatable bonds is 11. The van der Waals surface area contributed by atoms with Crippen molar-refractivity contribution in [2.75, 3.05) is 17.7 Å². The third-order valence-corrected chi connectivity index (χ3v) is 7.85. The molecule has 43 heavy (non-hydrogen) atoms. The van der Waals surface area contributed by atoms with E-state index in [2.05, 4.69) is 22.9 Å². The van der Waals surface area contributed by atoms with Crippen molar-refractivity contribution in [3.63, 3.8) is 0 Å². The number of carbonyl (C=O) groups excluding carboxylic acids is 3. The minimum atomic E-state index is -0.474. The van der Waals surface area contributed by atoms with Gasteiger partial charge in [0.2, 0.25) is 5.91 Å². The molecule has 0 spiro atoms. The van der Waals surface area contributed by atoms with Gasteiger partial charge < -0.3 is 20.7 Å². The van der Waals surface area contributed by atoms with Crippen LogP contribution in [0.3, 0.4) is 0 Å². The highest BCUT2D eigenvalue weighted by Crippen LogP contribution is 2.28. The summed E-state index contributed by atoms with van der Waals surface area (Å²) in [5.41, 5.74) is 4.80. The molecule has 0 heterocycles. The monoisotopic (exact) mass is 593 g/mol. The van der Waals surface area contributed by atoms with Crippen molar-refractivity contribution in [1.82, 2.24) is 5.32 Å². The van der Waals surface area contributed by atoms with Gasteiger partial charge in [-0.15, -0.1) is 11.8 Å². The van der Waals surface area contributed by atoms with Crippen molar-refractivity contribution in [2.24, 2.45) is 0 Å². The third kappa shape index (κ3) is 8.59. The van der Waals surface area contributed by atoms with E-state index in [1.807, 2.05) is 50.2 Å². The number of thioether (sulfide) groups is 1. The van der Waals surface area contributed by atoms with Crippen LogP contribution in [0.4, 0.5) is 11.4 Å². The lowest BCUT2D eigenvalue weighted by molar-refractivity contribution is -0.115. The number of anilines is 2. The maximum absolute atomic E-state index is 13.3. The number of nitrogens with one attached hydrogen (secondary N) is 3. The Bertz CT molecular complexity index is 1600. The van der Waals surface area contributed by atoms with Crippen LogP contribution in [-0.4, -0.2) is 30.1 Å².